The maximum Gasteiger partial charge on any atom is 0.315 e. The van der Waals surface area contributed by atoms with Crippen LogP contribution in [0.3, 0.4) is 0 Å². The Morgan fingerprint density at radius 2 is 2.05 bits per heavy atom. The molecule has 1 saturated carbocycles. The van der Waals surface area contributed by atoms with Crippen molar-refractivity contribution in [3.63, 3.8) is 0 Å². The number of carbonyl (C=O) groups excluding carboxylic acids is 1. The van der Waals surface area contributed by atoms with Gasteiger partial charge in [0.05, 0.1) is 12.5 Å². The topological polar surface area (TPSA) is 98.7 Å². The Kier molecular flexibility index (Phi) is 5.42. The Bertz CT molecular complexity index is 508. The van der Waals surface area contributed by atoms with E-state index in [1.165, 1.54) is 11.3 Å². The van der Waals surface area contributed by atoms with Crippen LogP contribution in [0, 0.1) is 5.92 Å². The highest BCUT2D eigenvalue weighted by molar-refractivity contribution is 7.08. The lowest BCUT2D eigenvalue weighted by Crippen LogP contribution is -2.47. The molecule has 1 aliphatic rings. The van der Waals surface area contributed by atoms with Crippen LogP contribution in [0.4, 0.5) is 4.79 Å². The number of carboxylic acid groups (broad SMARTS) is 1. The second-order valence-corrected chi connectivity index (χ2v) is 6.78. The van der Waals surface area contributed by atoms with Crippen LogP contribution in [0.25, 0.3) is 0 Å². The van der Waals surface area contributed by atoms with Gasteiger partial charge in [-0.1, -0.05) is 0 Å². The predicted octanol–water partition coefficient (Wildman–Crippen LogP) is 1.90. The number of hydrogen-bond donors (Lipinski definition) is 4. The lowest BCUT2D eigenvalue weighted by atomic mass is 9.86. The molecule has 2 rings (SSSR count). The first-order valence-corrected chi connectivity index (χ1v) is 8.35. The molecule has 1 aromatic rings. The number of aliphatic hydroxyl groups is 1. The van der Waals surface area contributed by atoms with Crippen molar-refractivity contribution in [2.75, 3.05) is 6.54 Å². The fourth-order valence-electron chi connectivity index (χ4n) is 2.65. The molecule has 1 unspecified atom stereocenters. The number of carbonyl (C=O) groups is 2. The van der Waals surface area contributed by atoms with E-state index in [2.05, 4.69) is 10.6 Å². The van der Waals surface area contributed by atoms with Gasteiger partial charge in [-0.05, 0) is 55.0 Å². The number of nitrogens with one attached hydrogen (secondary N) is 2. The monoisotopic (exact) mass is 326 g/mol. The summed E-state index contributed by atoms with van der Waals surface area (Å²) in [5.41, 5.74) is -0.321. The number of amides is 2. The summed E-state index contributed by atoms with van der Waals surface area (Å²) in [5, 5.41) is 28.5. The van der Waals surface area contributed by atoms with E-state index in [4.69, 9.17) is 5.11 Å². The maximum absolute atomic E-state index is 11.9. The van der Waals surface area contributed by atoms with Gasteiger partial charge in [0.25, 0.3) is 0 Å². The van der Waals surface area contributed by atoms with Gasteiger partial charge in [-0.15, -0.1) is 0 Å². The normalized spacial score (nSPS) is 24.3. The lowest BCUT2D eigenvalue weighted by molar-refractivity contribution is -0.142. The van der Waals surface area contributed by atoms with E-state index in [0.717, 1.165) is 5.56 Å². The highest BCUT2D eigenvalue weighted by atomic mass is 32.1. The van der Waals surface area contributed by atoms with Gasteiger partial charge in [0, 0.05) is 6.04 Å². The zero-order valence-corrected chi connectivity index (χ0v) is 13.4. The van der Waals surface area contributed by atoms with E-state index in [9.17, 15) is 14.7 Å². The van der Waals surface area contributed by atoms with Crippen molar-refractivity contribution >= 4 is 23.3 Å². The molecule has 0 aliphatic heterocycles. The number of rotatable bonds is 5. The smallest absolute Gasteiger partial charge is 0.315 e. The van der Waals surface area contributed by atoms with Gasteiger partial charge in [0.15, 0.2) is 0 Å². The number of hydrogen-bond acceptors (Lipinski definition) is 4. The minimum atomic E-state index is -1.10. The molecule has 0 radical (unpaired) electrons. The molecule has 122 valence electrons. The maximum atomic E-state index is 11.9. The highest BCUT2D eigenvalue weighted by Crippen LogP contribution is 2.24. The summed E-state index contributed by atoms with van der Waals surface area (Å²) in [5.74, 6) is -1.05. The molecule has 6 nitrogen and oxygen atoms in total. The summed E-state index contributed by atoms with van der Waals surface area (Å²) in [7, 11) is 0. The Balaban J connectivity index is 1.74. The van der Waals surface area contributed by atoms with Crippen molar-refractivity contribution in [1.82, 2.24) is 10.6 Å². The summed E-state index contributed by atoms with van der Waals surface area (Å²) in [6, 6.07) is 1.51. The predicted molar refractivity (Wildman–Crippen MR) is 83.8 cm³/mol. The van der Waals surface area contributed by atoms with E-state index < -0.39 is 11.6 Å². The number of thiophene rings is 1. The summed E-state index contributed by atoms with van der Waals surface area (Å²) < 4.78 is 0. The third kappa shape index (κ3) is 4.45. The van der Waals surface area contributed by atoms with Crippen molar-refractivity contribution in [3.05, 3.63) is 22.4 Å². The summed E-state index contributed by atoms with van der Waals surface area (Å²) in [6.07, 6.45) is 2.52. The average molecular weight is 326 g/mol. The third-order valence-corrected chi connectivity index (χ3v) is 4.83. The largest absolute Gasteiger partial charge is 0.481 e. The van der Waals surface area contributed by atoms with Crippen LogP contribution in [-0.2, 0) is 10.4 Å². The zero-order chi connectivity index (χ0) is 16.2. The van der Waals surface area contributed by atoms with Gasteiger partial charge in [-0.25, -0.2) is 4.79 Å². The van der Waals surface area contributed by atoms with Crippen LogP contribution < -0.4 is 10.6 Å². The van der Waals surface area contributed by atoms with E-state index in [-0.39, 0.29) is 24.5 Å². The fourth-order valence-corrected chi connectivity index (χ4v) is 3.43. The first kappa shape index (κ1) is 16.8. The molecule has 7 heteroatoms. The second-order valence-electron chi connectivity index (χ2n) is 6.00. The Morgan fingerprint density at radius 3 is 2.59 bits per heavy atom. The SMILES string of the molecule is CC(O)(CNC(=O)NC1CCC(C(=O)O)CC1)c1ccsc1. The number of carboxylic acids is 1. The van der Waals surface area contributed by atoms with Crippen molar-refractivity contribution in [2.45, 2.75) is 44.2 Å². The molecule has 0 aromatic carbocycles. The lowest BCUT2D eigenvalue weighted by Gasteiger charge is -2.28. The van der Waals surface area contributed by atoms with Crippen LogP contribution in [0.2, 0.25) is 0 Å². The van der Waals surface area contributed by atoms with Crippen LogP contribution in [0.5, 0.6) is 0 Å². The second kappa shape index (κ2) is 7.11. The molecule has 1 aliphatic carbocycles. The standard InChI is InChI=1S/C15H22N2O4S/c1-15(21,11-6-7-22-8-11)9-16-14(20)17-12-4-2-10(3-5-12)13(18)19/h6-8,10,12,21H,2-5,9H2,1H3,(H,18,19)(H2,16,17,20). The molecule has 0 bridgehead atoms. The number of aliphatic carboxylic acids is 1. The molecule has 2 amide bonds. The van der Waals surface area contributed by atoms with Gasteiger partial charge in [0.1, 0.15) is 5.60 Å². The van der Waals surface area contributed by atoms with Gasteiger partial charge >= 0.3 is 12.0 Å². The van der Waals surface area contributed by atoms with E-state index in [1.807, 2.05) is 16.8 Å². The minimum Gasteiger partial charge on any atom is -0.481 e. The van der Waals surface area contributed by atoms with Crippen LogP contribution >= 0.6 is 11.3 Å². The van der Waals surface area contributed by atoms with Crippen LogP contribution in [0.1, 0.15) is 38.2 Å². The quantitative estimate of drug-likeness (QED) is 0.664. The minimum absolute atomic E-state index is 0.00157. The first-order chi connectivity index (χ1) is 10.4. The molecular weight excluding hydrogens is 304 g/mol. The molecule has 1 fully saturated rings. The first-order valence-electron chi connectivity index (χ1n) is 7.41. The number of urea groups is 1. The van der Waals surface area contributed by atoms with Crippen molar-refractivity contribution in [1.29, 1.82) is 0 Å². The fraction of sp³-hybridized carbons (Fsp3) is 0.600. The summed E-state index contributed by atoms with van der Waals surface area (Å²) in [6.45, 7) is 1.79. The van der Waals surface area contributed by atoms with Gasteiger partial charge in [-0.2, -0.15) is 11.3 Å². The zero-order valence-electron chi connectivity index (χ0n) is 12.5. The summed E-state index contributed by atoms with van der Waals surface area (Å²) >= 11 is 1.50. The van der Waals surface area contributed by atoms with E-state index in [1.54, 1.807) is 6.92 Å². The van der Waals surface area contributed by atoms with E-state index >= 15 is 0 Å². The van der Waals surface area contributed by atoms with Gasteiger partial charge < -0.3 is 20.8 Å². The van der Waals surface area contributed by atoms with Gasteiger partial charge in [0.2, 0.25) is 0 Å². The molecule has 1 heterocycles. The Morgan fingerprint density at radius 1 is 1.36 bits per heavy atom. The third-order valence-electron chi connectivity index (χ3n) is 4.15. The molecule has 0 saturated heterocycles. The van der Waals surface area contributed by atoms with E-state index in [0.29, 0.717) is 25.7 Å². The van der Waals surface area contributed by atoms with Crippen LogP contribution in [0.15, 0.2) is 16.8 Å². The molecule has 4 N–H and O–H groups in total. The Hall–Kier alpha value is -1.60. The molecular formula is C15H22N2O4S. The van der Waals surface area contributed by atoms with Crippen LogP contribution in [-0.4, -0.2) is 34.8 Å². The van der Waals surface area contributed by atoms with Crippen molar-refractivity contribution < 1.29 is 19.8 Å². The Labute approximate surface area is 133 Å². The van der Waals surface area contributed by atoms with Gasteiger partial charge in [-0.3, -0.25) is 4.79 Å². The molecule has 0 spiro atoms. The average Bonchev–Trinajstić information content (AvgIpc) is 3.01. The molecule has 1 aromatic heterocycles. The summed E-state index contributed by atoms with van der Waals surface area (Å²) in [4.78, 5) is 22.8. The highest BCUT2D eigenvalue weighted by Gasteiger charge is 2.28. The molecule has 1 atom stereocenters. The van der Waals surface area contributed by atoms with Crippen molar-refractivity contribution in [3.8, 4) is 0 Å². The van der Waals surface area contributed by atoms with Crippen molar-refractivity contribution in [2.24, 2.45) is 5.92 Å². The molecule has 22 heavy (non-hydrogen) atoms.